The molecular formula is C21H21F3. The van der Waals surface area contributed by atoms with Gasteiger partial charge in [-0.15, -0.1) is 0 Å². The first-order chi connectivity index (χ1) is 11.6. The van der Waals surface area contributed by atoms with Crippen molar-refractivity contribution in [3.63, 3.8) is 0 Å². The van der Waals surface area contributed by atoms with Crippen LogP contribution in [0.4, 0.5) is 13.2 Å². The van der Waals surface area contributed by atoms with Crippen LogP contribution >= 0.6 is 0 Å². The topological polar surface area (TPSA) is 0 Å². The van der Waals surface area contributed by atoms with Crippen LogP contribution in [0.2, 0.25) is 0 Å². The number of rotatable bonds is 4. The molecule has 0 fully saturated rings. The van der Waals surface area contributed by atoms with Crippen molar-refractivity contribution >= 4 is 0 Å². The van der Waals surface area contributed by atoms with Crippen molar-refractivity contribution in [1.29, 1.82) is 0 Å². The van der Waals surface area contributed by atoms with Gasteiger partial charge >= 0.3 is 0 Å². The molecule has 0 N–H and O–H groups in total. The van der Waals surface area contributed by atoms with Gasteiger partial charge in [0.2, 0.25) is 0 Å². The highest BCUT2D eigenvalue weighted by Gasteiger charge is 2.22. The summed E-state index contributed by atoms with van der Waals surface area (Å²) in [6.07, 6.45) is 9.14. The molecule has 3 rings (SSSR count). The number of hydrogen-bond donors (Lipinski definition) is 0. The molecule has 0 saturated carbocycles. The van der Waals surface area contributed by atoms with E-state index in [0.717, 1.165) is 49.3 Å². The van der Waals surface area contributed by atoms with Crippen molar-refractivity contribution < 1.29 is 13.2 Å². The summed E-state index contributed by atoms with van der Waals surface area (Å²) in [4.78, 5) is 0. The van der Waals surface area contributed by atoms with Crippen LogP contribution < -0.4 is 0 Å². The number of aryl methyl sites for hydroxylation is 1. The first-order valence-corrected chi connectivity index (χ1v) is 8.47. The van der Waals surface area contributed by atoms with Gasteiger partial charge < -0.3 is 0 Å². The molecule has 126 valence electrons. The third-order valence-electron chi connectivity index (χ3n) is 4.84. The van der Waals surface area contributed by atoms with E-state index in [4.69, 9.17) is 0 Å². The van der Waals surface area contributed by atoms with Crippen LogP contribution in [-0.4, -0.2) is 0 Å². The molecule has 0 saturated heterocycles. The van der Waals surface area contributed by atoms with Crippen molar-refractivity contribution in [1.82, 2.24) is 0 Å². The number of halogens is 3. The summed E-state index contributed by atoms with van der Waals surface area (Å²) in [6, 6.07) is 7.09. The van der Waals surface area contributed by atoms with Gasteiger partial charge in [-0.2, -0.15) is 0 Å². The minimum atomic E-state index is -0.989. The molecule has 1 aliphatic carbocycles. The average Bonchev–Trinajstić information content (AvgIpc) is 2.57. The standard InChI is InChI=1S/C21H21F3/c1-2-3-4-6-14-9-10-15-12-18(20(23)13-16(15)11-14)17-7-5-8-19(22)21(17)24/h2-3,5,7-8,12-14H,4,6,9-11H2,1H3/b3-2+. The quantitative estimate of drug-likeness (QED) is 0.583. The highest BCUT2D eigenvalue weighted by Crippen LogP contribution is 2.34. The molecular weight excluding hydrogens is 309 g/mol. The molecule has 0 spiro atoms. The van der Waals surface area contributed by atoms with Gasteiger partial charge in [0.1, 0.15) is 5.82 Å². The zero-order chi connectivity index (χ0) is 17.1. The molecule has 0 bridgehead atoms. The van der Waals surface area contributed by atoms with E-state index in [9.17, 15) is 13.2 Å². The van der Waals surface area contributed by atoms with Crippen molar-refractivity contribution in [3.8, 4) is 11.1 Å². The lowest BCUT2D eigenvalue weighted by Gasteiger charge is -2.25. The zero-order valence-electron chi connectivity index (χ0n) is 13.8. The van der Waals surface area contributed by atoms with Crippen LogP contribution in [0.25, 0.3) is 11.1 Å². The molecule has 0 radical (unpaired) electrons. The van der Waals surface area contributed by atoms with E-state index in [0.29, 0.717) is 5.92 Å². The molecule has 1 aliphatic rings. The molecule has 1 atom stereocenters. The van der Waals surface area contributed by atoms with Crippen LogP contribution in [0.1, 0.15) is 37.3 Å². The number of allylic oxidation sites excluding steroid dienone is 2. The predicted molar refractivity (Wildman–Crippen MR) is 91.3 cm³/mol. The van der Waals surface area contributed by atoms with E-state index in [2.05, 4.69) is 12.2 Å². The average molecular weight is 330 g/mol. The maximum atomic E-state index is 14.5. The molecule has 3 heteroatoms. The normalized spacial score (nSPS) is 17.2. The Balaban J connectivity index is 1.88. The van der Waals surface area contributed by atoms with Gasteiger partial charge in [0.25, 0.3) is 0 Å². The summed E-state index contributed by atoms with van der Waals surface area (Å²) in [7, 11) is 0. The third kappa shape index (κ3) is 3.40. The van der Waals surface area contributed by atoms with Gasteiger partial charge in [-0.05, 0) is 74.3 Å². The van der Waals surface area contributed by atoms with Gasteiger partial charge in [-0.3, -0.25) is 0 Å². The van der Waals surface area contributed by atoms with Gasteiger partial charge in [-0.1, -0.05) is 24.3 Å². The summed E-state index contributed by atoms with van der Waals surface area (Å²) >= 11 is 0. The van der Waals surface area contributed by atoms with Crippen molar-refractivity contribution in [2.75, 3.05) is 0 Å². The fourth-order valence-electron chi connectivity index (χ4n) is 3.52. The Morgan fingerprint density at radius 2 is 1.88 bits per heavy atom. The van der Waals surface area contributed by atoms with Crippen molar-refractivity contribution in [2.24, 2.45) is 5.92 Å². The Hall–Kier alpha value is -2.03. The smallest absolute Gasteiger partial charge is 0.166 e. The fraction of sp³-hybridized carbons (Fsp3) is 0.333. The molecule has 24 heavy (non-hydrogen) atoms. The summed E-state index contributed by atoms with van der Waals surface area (Å²) in [6.45, 7) is 2.01. The molecule has 0 heterocycles. The highest BCUT2D eigenvalue weighted by molar-refractivity contribution is 5.66. The molecule has 2 aromatic carbocycles. The van der Waals surface area contributed by atoms with Gasteiger partial charge in [0.15, 0.2) is 11.6 Å². The van der Waals surface area contributed by atoms with Crippen LogP contribution in [0, 0.1) is 23.4 Å². The van der Waals surface area contributed by atoms with E-state index in [1.54, 1.807) is 6.07 Å². The Labute approximate surface area is 141 Å². The first-order valence-electron chi connectivity index (χ1n) is 8.47. The lowest BCUT2D eigenvalue weighted by Crippen LogP contribution is -2.15. The van der Waals surface area contributed by atoms with Crippen LogP contribution in [0.3, 0.4) is 0 Å². The van der Waals surface area contributed by atoms with Crippen LogP contribution in [0.15, 0.2) is 42.5 Å². The van der Waals surface area contributed by atoms with Gasteiger partial charge in [0.05, 0.1) is 0 Å². The monoisotopic (exact) mass is 330 g/mol. The summed E-state index contributed by atoms with van der Waals surface area (Å²) in [5.41, 5.74) is 2.20. The molecule has 2 aromatic rings. The fourth-order valence-corrected chi connectivity index (χ4v) is 3.52. The lowest BCUT2D eigenvalue weighted by atomic mass is 9.80. The van der Waals surface area contributed by atoms with Crippen molar-refractivity contribution in [3.05, 3.63) is 71.1 Å². The number of hydrogen-bond acceptors (Lipinski definition) is 0. The highest BCUT2D eigenvalue weighted by atomic mass is 19.2. The van der Waals surface area contributed by atoms with Gasteiger partial charge in [-0.25, -0.2) is 13.2 Å². The summed E-state index contributed by atoms with van der Waals surface area (Å²) in [5.74, 6) is -1.86. The third-order valence-corrected chi connectivity index (χ3v) is 4.84. The Morgan fingerprint density at radius 1 is 1.04 bits per heavy atom. The van der Waals surface area contributed by atoms with Crippen molar-refractivity contribution in [2.45, 2.75) is 39.0 Å². The second-order valence-corrected chi connectivity index (χ2v) is 6.46. The SMILES string of the molecule is C/C=C/CCC1CCc2cc(-c3cccc(F)c3F)c(F)cc2C1. The molecule has 0 aromatic heterocycles. The first kappa shape index (κ1) is 16.8. The maximum absolute atomic E-state index is 14.5. The summed E-state index contributed by atoms with van der Waals surface area (Å²) < 4.78 is 41.9. The Morgan fingerprint density at radius 3 is 2.67 bits per heavy atom. The minimum absolute atomic E-state index is 0.00879. The second-order valence-electron chi connectivity index (χ2n) is 6.46. The Bertz CT molecular complexity index is 762. The van der Waals surface area contributed by atoms with Crippen LogP contribution in [0.5, 0.6) is 0 Å². The molecule has 0 amide bonds. The van der Waals surface area contributed by atoms with E-state index in [1.807, 2.05) is 6.92 Å². The largest absolute Gasteiger partial charge is 0.206 e. The van der Waals surface area contributed by atoms with Gasteiger partial charge in [0, 0.05) is 11.1 Å². The Kier molecular flexibility index (Phi) is 5.08. The molecule has 1 unspecified atom stereocenters. The number of benzene rings is 2. The lowest BCUT2D eigenvalue weighted by molar-refractivity contribution is 0.429. The minimum Gasteiger partial charge on any atom is -0.206 e. The predicted octanol–water partition coefficient (Wildman–Crippen LogP) is 6.23. The van der Waals surface area contributed by atoms with E-state index < -0.39 is 17.5 Å². The zero-order valence-corrected chi connectivity index (χ0v) is 13.8. The van der Waals surface area contributed by atoms with E-state index in [1.165, 1.54) is 18.2 Å². The second kappa shape index (κ2) is 7.25. The number of fused-ring (bicyclic) bond motifs is 1. The van der Waals surface area contributed by atoms with E-state index >= 15 is 0 Å². The maximum Gasteiger partial charge on any atom is 0.166 e. The van der Waals surface area contributed by atoms with E-state index in [-0.39, 0.29) is 11.1 Å². The summed E-state index contributed by atoms with van der Waals surface area (Å²) in [5, 5.41) is 0. The van der Waals surface area contributed by atoms with Crippen LogP contribution in [-0.2, 0) is 12.8 Å². The molecule has 0 nitrogen and oxygen atoms in total. The molecule has 0 aliphatic heterocycles.